The summed E-state index contributed by atoms with van der Waals surface area (Å²) in [6.45, 7) is 1.86. The Kier molecular flexibility index (Phi) is 5.06. The Morgan fingerprint density at radius 3 is 2.78 bits per heavy atom. The largest absolute Gasteiger partial charge is 0.496 e. The molecule has 0 bridgehead atoms. The van der Waals surface area contributed by atoms with Gasteiger partial charge in [-0.2, -0.15) is 5.10 Å². The fourth-order valence-electron chi connectivity index (χ4n) is 3.39. The minimum absolute atomic E-state index is 0.200. The molecule has 0 aliphatic carbocycles. The highest BCUT2D eigenvalue weighted by Gasteiger charge is 2.24. The van der Waals surface area contributed by atoms with Crippen LogP contribution in [0.3, 0.4) is 0 Å². The van der Waals surface area contributed by atoms with Crippen LogP contribution in [0.25, 0.3) is 0 Å². The molecule has 1 saturated heterocycles. The van der Waals surface area contributed by atoms with Crippen LogP contribution in [0.2, 0.25) is 0 Å². The maximum atomic E-state index is 12.7. The number of benzene rings is 1. The standard InChI is InChI=1S/C19H21N5O2S/c1-26-16-5-3-2-4-15(16)18(25)22-17-6-9-21-24(17)14-7-11-23(12-8-14)19-20-10-13-27-19/h2-6,9-10,13-14H,7-8,11-12H2,1H3,(H,22,25). The molecule has 1 aliphatic rings. The number of anilines is 2. The molecule has 140 valence electrons. The Balaban J connectivity index is 1.45. The van der Waals surface area contributed by atoms with Gasteiger partial charge in [0.2, 0.25) is 0 Å². The third kappa shape index (κ3) is 3.66. The summed E-state index contributed by atoms with van der Waals surface area (Å²) >= 11 is 1.66. The van der Waals surface area contributed by atoms with Gasteiger partial charge >= 0.3 is 0 Å². The van der Waals surface area contributed by atoms with Crippen LogP contribution in [0.4, 0.5) is 10.9 Å². The van der Waals surface area contributed by atoms with Crippen LogP contribution >= 0.6 is 11.3 Å². The molecular weight excluding hydrogens is 362 g/mol. The normalized spacial score (nSPS) is 14.9. The van der Waals surface area contributed by atoms with Crippen molar-refractivity contribution in [2.45, 2.75) is 18.9 Å². The van der Waals surface area contributed by atoms with Crippen LogP contribution in [0.1, 0.15) is 29.2 Å². The van der Waals surface area contributed by atoms with E-state index in [1.807, 2.05) is 34.5 Å². The van der Waals surface area contributed by atoms with E-state index in [-0.39, 0.29) is 11.9 Å². The molecule has 3 aromatic rings. The van der Waals surface area contributed by atoms with Crippen molar-refractivity contribution in [2.24, 2.45) is 0 Å². The van der Waals surface area contributed by atoms with Gasteiger partial charge in [-0.25, -0.2) is 9.67 Å². The van der Waals surface area contributed by atoms with E-state index >= 15 is 0 Å². The second-order valence-corrected chi connectivity index (χ2v) is 7.22. The maximum absolute atomic E-state index is 12.7. The number of aromatic nitrogens is 3. The monoisotopic (exact) mass is 383 g/mol. The summed E-state index contributed by atoms with van der Waals surface area (Å²) in [6.07, 6.45) is 5.48. The molecule has 4 rings (SSSR count). The van der Waals surface area contributed by atoms with Gasteiger partial charge in [0, 0.05) is 30.7 Å². The number of hydrogen-bond acceptors (Lipinski definition) is 6. The Hall–Kier alpha value is -2.87. The van der Waals surface area contributed by atoms with Crippen molar-refractivity contribution in [1.82, 2.24) is 14.8 Å². The van der Waals surface area contributed by atoms with E-state index in [4.69, 9.17) is 4.74 Å². The lowest BCUT2D eigenvalue weighted by Crippen LogP contribution is -2.35. The number of hydrogen-bond donors (Lipinski definition) is 1. The van der Waals surface area contributed by atoms with Crippen molar-refractivity contribution in [1.29, 1.82) is 0 Å². The van der Waals surface area contributed by atoms with Crippen molar-refractivity contribution < 1.29 is 9.53 Å². The van der Waals surface area contributed by atoms with E-state index in [2.05, 4.69) is 20.3 Å². The molecule has 1 aromatic carbocycles. The van der Waals surface area contributed by atoms with Gasteiger partial charge < -0.3 is 15.0 Å². The van der Waals surface area contributed by atoms with Crippen LogP contribution in [0.15, 0.2) is 48.1 Å². The number of piperidine rings is 1. The summed E-state index contributed by atoms with van der Waals surface area (Å²) in [7, 11) is 1.56. The molecule has 2 aromatic heterocycles. The molecule has 0 atom stereocenters. The molecule has 1 amide bonds. The summed E-state index contributed by atoms with van der Waals surface area (Å²) in [5, 5.41) is 10.5. The Morgan fingerprint density at radius 1 is 1.22 bits per heavy atom. The maximum Gasteiger partial charge on any atom is 0.260 e. The zero-order valence-corrected chi connectivity index (χ0v) is 15.9. The van der Waals surface area contributed by atoms with Crippen molar-refractivity contribution in [3.05, 3.63) is 53.7 Å². The van der Waals surface area contributed by atoms with Crippen molar-refractivity contribution in [3.63, 3.8) is 0 Å². The van der Waals surface area contributed by atoms with Crippen LogP contribution in [-0.2, 0) is 0 Å². The molecule has 3 heterocycles. The van der Waals surface area contributed by atoms with E-state index in [0.717, 1.165) is 31.1 Å². The number of amides is 1. The van der Waals surface area contributed by atoms with Gasteiger partial charge in [-0.3, -0.25) is 4.79 Å². The zero-order valence-electron chi connectivity index (χ0n) is 15.0. The molecule has 1 N–H and O–H groups in total. The zero-order chi connectivity index (χ0) is 18.6. The number of carbonyl (C=O) groups is 1. The average molecular weight is 383 g/mol. The van der Waals surface area contributed by atoms with E-state index in [9.17, 15) is 4.79 Å². The minimum atomic E-state index is -0.200. The molecule has 0 saturated carbocycles. The van der Waals surface area contributed by atoms with E-state index in [0.29, 0.717) is 17.1 Å². The van der Waals surface area contributed by atoms with Gasteiger partial charge in [-0.05, 0) is 25.0 Å². The average Bonchev–Trinajstić information content (AvgIpc) is 3.40. The van der Waals surface area contributed by atoms with Gasteiger partial charge in [-0.15, -0.1) is 11.3 Å². The first-order chi connectivity index (χ1) is 13.3. The summed E-state index contributed by atoms with van der Waals surface area (Å²) in [5.41, 5.74) is 0.506. The number of methoxy groups -OCH3 is 1. The lowest BCUT2D eigenvalue weighted by molar-refractivity contribution is 0.102. The first-order valence-electron chi connectivity index (χ1n) is 8.88. The second kappa shape index (κ2) is 7.79. The molecular formula is C19H21N5O2S. The van der Waals surface area contributed by atoms with Gasteiger partial charge in [0.1, 0.15) is 11.6 Å². The molecule has 7 nitrogen and oxygen atoms in total. The van der Waals surface area contributed by atoms with Gasteiger partial charge in [-0.1, -0.05) is 12.1 Å². The van der Waals surface area contributed by atoms with Crippen molar-refractivity contribution in [2.75, 3.05) is 30.4 Å². The number of para-hydroxylation sites is 1. The van der Waals surface area contributed by atoms with Crippen LogP contribution in [-0.4, -0.2) is 40.9 Å². The number of ether oxygens (including phenoxy) is 1. The third-order valence-corrected chi connectivity index (χ3v) is 5.60. The highest BCUT2D eigenvalue weighted by atomic mass is 32.1. The topological polar surface area (TPSA) is 72.3 Å². The highest BCUT2D eigenvalue weighted by molar-refractivity contribution is 7.13. The molecule has 0 radical (unpaired) electrons. The van der Waals surface area contributed by atoms with Gasteiger partial charge in [0.05, 0.1) is 24.9 Å². The van der Waals surface area contributed by atoms with E-state index < -0.39 is 0 Å². The number of carbonyl (C=O) groups excluding carboxylic acids is 1. The number of nitrogens with one attached hydrogen (secondary N) is 1. The highest BCUT2D eigenvalue weighted by Crippen LogP contribution is 2.29. The third-order valence-electron chi connectivity index (χ3n) is 4.76. The van der Waals surface area contributed by atoms with Crippen LogP contribution < -0.4 is 15.0 Å². The number of thiazole rings is 1. The van der Waals surface area contributed by atoms with E-state index in [1.54, 1.807) is 36.8 Å². The Bertz CT molecular complexity index is 900. The molecule has 27 heavy (non-hydrogen) atoms. The molecule has 0 unspecified atom stereocenters. The van der Waals surface area contributed by atoms with Crippen LogP contribution in [0, 0.1) is 0 Å². The first-order valence-corrected chi connectivity index (χ1v) is 9.76. The molecule has 1 fully saturated rings. The Labute approximate surface area is 161 Å². The summed E-state index contributed by atoms with van der Waals surface area (Å²) < 4.78 is 7.21. The number of nitrogens with zero attached hydrogens (tertiary/aromatic N) is 4. The van der Waals surface area contributed by atoms with Crippen molar-refractivity contribution >= 4 is 28.2 Å². The lowest BCUT2D eigenvalue weighted by Gasteiger charge is -2.32. The SMILES string of the molecule is COc1ccccc1C(=O)Nc1ccnn1C1CCN(c2nccs2)CC1. The first kappa shape index (κ1) is 17.5. The summed E-state index contributed by atoms with van der Waals surface area (Å²) in [5.74, 6) is 1.06. The van der Waals surface area contributed by atoms with Crippen LogP contribution in [0.5, 0.6) is 5.75 Å². The van der Waals surface area contributed by atoms with Gasteiger partial charge in [0.15, 0.2) is 5.13 Å². The van der Waals surface area contributed by atoms with E-state index in [1.165, 1.54) is 0 Å². The lowest BCUT2D eigenvalue weighted by atomic mass is 10.1. The summed E-state index contributed by atoms with van der Waals surface area (Å²) in [4.78, 5) is 19.4. The molecule has 0 spiro atoms. The molecule has 8 heteroatoms. The van der Waals surface area contributed by atoms with Gasteiger partial charge in [0.25, 0.3) is 5.91 Å². The molecule has 1 aliphatic heterocycles. The smallest absolute Gasteiger partial charge is 0.260 e. The predicted octanol–water partition coefficient (Wildman–Crippen LogP) is 3.44. The fourth-order valence-corrected chi connectivity index (χ4v) is 4.09. The minimum Gasteiger partial charge on any atom is -0.496 e. The fraction of sp³-hybridized carbons (Fsp3) is 0.316. The number of rotatable bonds is 5. The summed E-state index contributed by atoms with van der Waals surface area (Å²) in [6, 6.07) is 9.28. The van der Waals surface area contributed by atoms with Crippen molar-refractivity contribution in [3.8, 4) is 5.75 Å². The predicted molar refractivity (Wildman–Crippen MR) is 106 cm³/mol. The quantitative estimate of drug-likeness (QED) is 0.731. The Morgan fingerprint density at radius 2 is 2.04 bits per heavy atom. The second-order valence-electron chi connectivity index (χ2n) is 6.35.